The first-order valence-electron chi connectivity index (χ1n) is 7.88. The number of carbonyl (C=O) groups excluding carboxylic acids is 1. The number of anilines is 1. The van der Waals surface area contributed by atoms with Crippen LogP contribution in [-0.4, -0.2) is 40.6 Å². The summed E-state index contributed by atoms with van der Waals surface area (Å²) in [4.78, 5) is 14.5. The van der Waals surface area contributed by atoms with Gasteiger partial charge in [-0.2, -0.15) is 0 Å². The first kappa shape index (κ1) is 16.4. The van der Waals surface area contributed by atoms with E-state index in [1.165, 1.54) is 7.11 Å². The van der Waals surface area contributed by atoms with Gasteiger partial charge in [-0.3, -0.25) is 4.79 Å². The van der Waals surface area contributed by atoms with Crippen LogP contribution in [0.3, 0.4) is 0 Å². The molecule has 1 saturated carbocycles. The minimum Gasteiger partial charge on any atom is -0.383 e. The van der Waals surface area contributed by atoms with Crippen LogP contribution in [0.4, 0.5) is 5.69 Å². The number of nitrogens with one attached hydrogen (secondary N) is 1. The van der Waals surface area contributed by atoms with Gasteiger partial charge >= 0.3 is 0 Å². The molecular formula is C16H22N2O4S. The van der Waals surface area contributed by atoms with Gasteiger partial charge in [0.05, 0.1) is 11.5 Å². The molecule has 23 heavy (non-hydrogen) atoms. The minimum atomic E-state index is -3.55. The smallest absolute Gasteiger partial charge is 0.240 e. The van der Waals surface area contributed by atoms with Gasteiger partial charge in [0.2, 0.25) is 15.9 Å². The highest BCUT2D eigenvalue weighted by Crippen LogP contribution is 2.39. The molecule has 1 N–H and O–H groups in total. The first-order valence-corrected chi connectivity index (χ1v) is 9.37. The Morgan fingerprint density at radius 1 is 1.39 bits per heavy atom. The molecule has 1 heterocycles. The van der Waals surface area contributed by atoms with Crippen molar-refractivity contribution in [2.45, 2.75) is 37.1 Å². The maximum atomic E-state index is 12.4. The molecule has 7 heteroatoms. The quantitative estimate of drug-likeness (QED) is 0.793. The highest BCUT2D eigenvalue weighted by molar-refractivity contribution is 7.89. The lowest BCUT2D eigenvalue weighted by Gasteiger charge is -2.22. The standard InChI is InChI=1S/C16H22N2O4S/c1-11-9-13-10-14(23(20,21)17-7-8-22-2)5-6-15(13)18(11)16(19)12-3-4-12/h5-6,10-12,17H,3-4,7-9H2,1-2H3. The van der Waals surface area contributed by atoms with E-state index in [4.69, 9.17) is 4.74 Å². The van der Waals surface area contributed by atoms with Gasteiger partial charge in [-0.25, -0.2) is 13.1 Å². The molecule has 1 aromatic rings. The summed E-state index contributed by atoms with van der Waals surface area (Å²) in [6.45, 7) is 2.56. The number of rotatable bonds is 6. The van der Waals surface area contributed by atoms with Crippen LogP contribution >= 0.6 is 0 Å². The number of carbonyl (C=O) groups is 1. The van der Waals surface area contributed by atoms with Gasteiger partial charge in [-0.1, -0.05) is 0 Å². The van der Waals surface area contributed by atoms with E-state index in [9.17, 15) is 13.2 Å². The highest BCUT2D eigenvalue weighted by Gasteiger charge is 2.39. The molecule has 1 aliphatic carbocycles. The molecule has 0 aromatic heterocycles. The molecule has 1 aliphatic heterocycles. The zero-order valence-electron chi connectivity index (χ0n) is 13.4. The monoisotopic (exact) mass is 338 g/mol. The fourth-order valence-electron chi connectivity index (χ4n) is 3.00. The molecule has 0 spiro atoms. The van der Waals surface area contributed by atoms with E-state index < -0.39 is 10.0 Å². The van der Waals surface area contributed by atoms with Crippen molar-refractivity contribution >= 4 is 21.6 Å². The van der Waals surface area contributed by atoms with E-state index in [1.54, 1.807) is 18.2 Å². The van der Waals surface area contributed by atoms with Crippen molar-refractivity contribution < 1.29 is 17.9 Å². The molecule has 2 aliphatic rings. The Labute approximate surface area is 136 Å². The third kappa shape index (κ3) is 3.27. The van der Waals surface area contributed by atoms with Gasteiger partial charge in [-0.15, -0.1) is 0 Å². The van der Waals surface area contributed by atoms with Crippen LogP contribution < -0.4 is 9.62 Å². The molecule has 0 bridgehead atoms. The highest BCUT2D eigenvalue weighted by atomic mass is 32.2. The fourth-order valence-corrected chi connectivity index (χ4v) is 4.06. The predicted octanol–water partition coefficient (Wildman–Crippen LogP) is 1.30. The third-order valence-electron chi connectivity index (χ3n) is 4.34. The van der Waals surface area contributed by atoms with Gasteiger partial charge in [-0.05, 0) is 49.9 Å². The van der Waals surface area contributed by atoms with Crippen molar-refractivity contribution in [3.05, 3.63) is 23.8 Å². The summed E-state index contributed by atoms with van der Waals surface area (Å²) in [6, 6.07) is 5.09. The van der Waals surface area contributed by atoms with Crippen molar-refractivity contribution in [1.29, 1.82) is 0 Å². The number of amides is 1. The van der Waals surface area contributed by atoms with Crippen molar-refractivity contribution in [1.82, 2.24) is 4.72 Å². The van der Waals surface area contributed by atoms with Crippen molar-refractivity contribution in [2.24, 2.45) is 5.92 Å². The Morgan fingerprint density at radius 2 is 2.13 bits per heavy atom. The molecular weight excluding hydrogens is 316 g/mol. The SMILES string of the molecule is COCCNS(=O)(=O)c1ccc2c(c1)CC(C)N2C(=O)C1CC1. The molecule has 3 rings (SSSR count). The van der Waals surface area contributed by atoms with E-state index in [0.717, 1.165) is 24.1 Å². The number of benzene rings is 1. The van der Waals surface area contributed by atoms with Gasteiger partial charge in [0.15, 0.2) is 0 Å². The summed E-state index contributed by atoms with van der Waals surface area (Å²) in [5.41, 5.74) is 1.77. The van der Waals surface area contributed by atoms with E-state index in [-0.39, 0.29) is 29.3 Å². The fraction of sp³-hybridized carbons (Fsp3) is 0.562. The van der Waals surface area contributed by atoms with Crippen LogP contribution in [0, 0.1) is 5.92 Å². The zero-order valence-corrected chi connectivity index (χ0v) is 14.2. The normalized spacial score (nSPS) is 20.6. The topological polar surface area (TPSA) is 75.7 Å². The lowest BCUT2D eigenvalue weighted by molar-refractivity contribution is -0.120. The van der Waals surface area contributed by atoms with E-state index in [0.29, 0.717) is 13.0 Å². The Morgan fingerprint density at radius 3 is 2.78 bits per heavy atom. The Hall–Kier alpha value is -1.44. The van der Waals surface area contributed by atoms with Crippen molar-refractivity contribution in [3.63, 3.8) is 0 Å². The predicted molar refractivity (Wildman–Crippen MR) is 86.9 cm³/mol. The van der Waals surface area contributed by atoms with Crippen LogP contribution in [0.1, 0.15) is 25.3 Å². The van der Waals surface area contributed by atoms with Gasteiger partial charge in [0, 0.05) is 31.3 Å². The summed E-state index contributed by atoms with van der Waals surface area (Å²) in [7, 11) is -2.02. The molecule has 0 radical (unpaired) electrons. The van der Waals surface area contributed by atoms with Crippen LogP contribution in [0.2, 0.25) is 0 Å². The van der Waals surface area contributed by atoms with Crippen molar-refractivity contribution in [2.75, 3.05) is 25.2 Å². The Kier molecular flexibility index (Phi) is 4.44. The van der Waals surface area contributed by atoms with Gasteiger partial charge in [0.1, 0.15) is 0 Å². The Balaban J connectivity index is 1.83. The summed E-state index contributed by atoms with van der Waals surface area (Å²) in [5.74, 6) is 0.326. The second kappa shape index (κ2) is 6.22. The molecule has 1 unspecified atom stereocenters. The number of fused-ring (bicyclic) bond motifs is 1. The molecule has 1 aromatic carbocycles. The lowest BCUT2D eigenvalue weighted by Crippen LogP contribution is -2.36. The molecule has 0 saturated heterocycles. The van der Waals surface area contributed by atoms with Crippen LogP contribution in [0.25, 0.3) is 0 Å². The molecule has 1 amide bonds. The second-order valence-corrected chi connectivity index (χ2v) is 7.98. The van der Waals surface area contributed by atoms with Crippen LogP contribution in [0.15, 0.2) is 23.1 Å². The number of hydrogen-bond acceptors (Lipinski definition) is 4. The zero-order chi connectivity index (χ0) is 16.6. The molecule has 1 atom stereocenters. The molecule has 126 valence electrons. The summed E-state index contributed by atoms with van der Waals surface area (Å²) < 4.78 is 31.9. The molecule has 1 fully saturated rings. The van der Waals surface area contributed by atoms with Gasteiger partial charge < -0.3 is 9.64 Å². The summed E-state index contributed by atoms with van der Waals surface area (Å²) in [6.07, 6.45) is 2.62. The maximum absolute atomic E-state index is 12.4. The minimum absolute atomic E-state index is 0.0810. The first-order chi connectivity index (χ1) is 10.9. The second-order valence-electron chi connectivity index (χ2n) is 6.22. The molecule has 6 nitrogen and oxygen atoms in total. The number of methoxy groups -OCH3 is 1. The number of ether oxygens (including phenoxy) is 1. The van der Waals surface area contributed by atoms with Gasteiger partial charge in [0.25, 0.3) is 0 Å². The van der Waals surface area contributed by atoms with E-state index >= 15 is 0 Å². The average molecular weight is 338 g/mol. The largest absolute Gasteiger partial charge is 0.383 e. The number of nitrogens with zero attached hydrogens (tertiary/aromatic N) is 1. The van der Waals surface area contributed by atoms with Crippen molar-refractivity contribution in [3.8, 4) is 0 Å². The summed E-state index contributed by atoms with van der Waals surface area (Å²) >= 11 is 0. The van der Waals surface area contributed by atoms with E-state index in [2.05, 4.69) is 4.72 Å². The summed E-state index contributed by atoms with van der Waals surface area (Å²) in [5, 5.41) is 0. The number of hydrogen-bond donors (Lipinski definition) is 1. The number of sulfonamides is 1. The lowest BCUT2D eigenvalue weighted by atomic mass is 10.1. The van der Waals surface area contributed by atoms with Crippen LogP contribution in [-0.2, 0) is 26.0 Å². The van der Waals surface area contributed by atoms with E-state index in [1.807, 2.05) is 11.8 Å². The maximum Gasteiger partial charge on any atom is 0.240 e. The third-order valence-corrected chi connectivity index (χ3v) is 5.80. The average Bonchev–Trinajstić information content (AvgIpc) is 3.29. The Bertz CT molecular complexity index is 713. The van der Waals surface area contributed by atoms with Crippen LogP contribution in [0.5, 0.6) is 0 Å².